The summed E-state index contributed by atoms with van der Waals surface area (Å²) in [6.45, 7) is 27.2. The first-order chi connectivity index (χ1) is 52.6. The predicted molar refractivity (Wildman–Crippen MR) is 419 cm³/mol. The number of amides is 8. The molecule has 2 aliphatic heterocycles. The van der Waals surface area contributed by atoms with Crippen molar-refractivity contribution in [2.75, 3.05) is 55.7 Å². The molecule has 8 aromatic rings. The monoisotopic (exact) mass is 1520 g/mol. The number of nitrogens with one attached hydrogen (secondary N) is 8. The standard InChI is InChI=1S/C84H94N8O19/c1-43-17-44(2)26-59(25-43)85-77(93)101-41-67-69(71(107-80(96)88-62-31-49(7)20-50(8)32-62)74(110-83(99)91-65-37-55(13)23-56(14)38-65)76(104-67)111-84(100)92-66-39-57(15)24-58(16)40-66)105-75-73(109-82(98)90-64-35-53(11)22-54(12)36-64)72(108-81(97)89-63-33-51(9)21-52(10)34-63)70(106-79(95)87-61-29-47(5)19-48(6)30-61)68(103-75)42-102-78(94)86-60-27-45(3)18-46(4)28-60/h17-40,67-76H,41-42H2,1-16H3,(H,85,93)(H,86,94)(H,87,95)(H,88,96)(H,89,97)(H,90,98)(H,91,99)(H,92,100)/t67-,68-,69-,70-,71-,72-,73-,74-,75+,76+/m1/s1. The second-order valence-electron chi connectivity index (χ2n) is 28.6. The van der Waals surface area contributed by atoms with Crippen LogP contribution in [0.2, 0.25) is 0 Å². The van der Waals surface area contributed by atoms with Crippen LogP contribution in [0.5, 0.6) is 0 Å². The molecule has 27 nitrogen and oxygen atoms in total. The van der Waals surface area contributed by atoms with Gasteiger partial charge in [-0.25, -0.2) is 38.4 Å². The highest BCUT2D eigenvalue weighted by Crippen LogP contribution is 2.38. The summed E-state index contributed by atoms with van der Waals surface area (Å²) in [5, 5.41) is 21.8. The normalized spacial score (nSPS) is 19.1. The van der Waals surface area contributed by atoms with Gasteiger partial charge in [0.2, 0.25) is 12.4 Å². The Labute approximate surface area is 644 Å². The van der Waals surface area contributed by atoms with Gasteiger partial charge < -0.3 is 52.1 Å². The summed E-state index contributed by atoms with van der Waals surface area (Å²) in [6, 6.07) is 41.6. The maximum Gasteiger partial charge on any atom is 0.414 e. The Morgan fingerprint density at radius 2 is 0.405 bits per heavy atom. The van der Waals surface area contributed by atoms with Gasteiger partial charge in [-0.3, -0.25) is 42.5 Å². The van der Waals surface area contributed by atoms with Crippen molar-refractivity contribution in [3.8, 4) is 0 Å². The number of carbonyl (C=O) groups is 8. The van der Waals surface area contributed by atoms with Gasteiger partial charge in [-0.1, -0.05) is 48.5 Å². The second-order valence-corrected chi connectivity index (χ2v) is 28.6. The van der Waals surface area contributed by atoms with E-state index < -0.39 is 123 Å². The molecule has 0 bridgehead atoms. The molecular weight excluding hydrogens is 1420 g/mol. The second kappa shape index (κ2) is 36.3. The van der Waals surface area contributed by atoms with Crippen molar-refractivity contribution in [3.63, 3.8) is 0 Å². The van der Waals surface area contributed by atoms with E-state index in [0.717, 1.165) is 89.0 Å². The average molecular weight is 1520 g/mol. The quantitative estimate of drug-likeness (QED) is 0.0329. The Hall–Kier alpha value is -12.2. The van der Waals surface area contributed by atoms with Gasteiger partial charge in [0.25, 0.3) is 0 Å². The van der Waals surface area contributed by atoms with E-state index in [0.29, 0.717) is 11.4 Å². The highest BCUT2D eigenvalue weighted by Gasteiger charge is 2.59. The highest BCUT2D eigenvalue weighted by molar-refractivity contribution is 5.90. The van der Waals surface area contributed by atoms with E-state index in [-0.39, 0.29) is 34.1 Å². The third-order valence-electron chi connectivity index (χ3n) is 17.4. The number of rotatable bonds is 20. The fraction of sp³-hybridized carbons (Fsp3) is 0.333. The molecule has 2 saturated heterocycles. The van der Waals surface area contributed by atoms with Crippen LogP contribution < -0.4 is 42.5 Å². The number of benzene rings is 8. The van der Waals surface area contributed by atoms with Crippen LogP contribution in [-0.4, -0.2) is 123 Å². The molecule has 27 heteroatoms. The number of aryl methyl sites for hydroxylation is 16. The first-order valence-electron chi connectivity index (χ1n) is 36.0. The molecule has 2 aliphatic rings. The molecule has 2 heterocycles. The van der Waals surface area contributed by atoms with Crippen LogP contribution in [0.3, 0.4) is 0 Å². The van der Waals surface area contributed by atoms with Crippen molar-refractivity contribution in [3.05, 3.63) is 235 Å². The minimum Gasteiger partial charge on any atom is -0.446 e. The molecule has 8 amide bonds. The van der Waals surface area contributed by atoms with Gasteiger partial charge in [-0.2, -0.15) is 0 Å². The van der Waals surface area contributed by atoms with Crippen LogP contribution in [0.15, 0.2) is 146 Å². The van der Waals surface area contributed by atoms with E-state index in [4.69, 9.17) is 52.1 Å². The summed E-state index contributed by atoms with van der Waals surface area (Å²) in [4.78, 5) is 119. The molecule has 10 rings (SSSR count). The van der Waals surface area contributed by atoms with Crippen molar-refractivity contribution in [1.82, 2.24) is 0 Å². The minimum absolute atomic E-state index is 0.227. The molecule has 2 fully saturated rings. The molecule has 0 aromatic heterocycles. The lowest BCUT2D eigenvalue weighted by molar-refractivity contribution is -0.350. The molecule has 0 saturated carbocycles. The Morgan fingerprint density at radius 3 is 0.658 bits per heavy atom. The number of ether oxygens (including phenoxy) is 11. The summed E-state index contributed by atoms with van der Waals surface area (Å²) in [5.41, 5.74) is 14.3. The number of hydrogen-bond donors (Lipinski definition) is 8. The van der Waals surface area contributed by atoms with Crippen LogP contribution in [0.25, 0.3) is 0 Å². The zero-order valence-electron chi connectivity index (χ0n) is 64.8. The van der Waals surface area contributed by atoms with Gasteiger partial charge in [0.15, 0.2) is 30.7 Å². The fourth-order valence-electron chi connectivity index (χ4n) is 13.8. The lowest BCUT2D eigenvalue weighted by atomic mass is 9.96. The lowest BCUT2D eigenvalue weighted by Gasteiger charge is -2.48. The number of hydrogen-bond acceptors (Lipinski definition) is 19. The third-order valence-corrected chi connectivity index (χ3v) is 17.4. The maximum absolute atomic E-state index is 15.2. The first kappa shape index (κ1) is 81.3. The SMILES string of the molecule is Cc1cc(C)cc(NC(=O)OC[C@H]2O[C@@H](O[C@H]3[C@@H](OC(=O)Nc4cc(C)cc(C)c4)[C@@H](OC(=O)Nc4cc(C)cc(C)c4)[C@H](OC(=O)Nc4cc(C)cc(C)c4)O[C@@H]3COC(=O)Nc3cc(C)cc(C)c3)[C@H](OC(=O)Nc3cc(C)cc(C)c3)[C@H](OC(=O)Nc3cc(C)cc(C)c3)[C@@H]2OC(=O)Nc2cc(C)cc(C)c2)c1. The van der Waals surface area contributed by atoms with Gasteiger partial charge in [0.1, 0.15) is 31.5 Å². The lowest BCUT2D eigenvalue weighted by Crippen LogP contribution is -2.68. The minimum atomic E-state index is -2.28. The van der Waals surface area contributed by atoms with E-state index in [1.807, 2.05) is 104 Å². The topological polar surface area (TPSA) is 334 Å². The molecule has 0 aliphatic carbocycles. The Morgan fingerprint density at radius 1 is 0.225 bits per heavy atom. The Kier molecular flexibility index (Phi) is 26.6. The van der Waals surface area contributed by atoms with Crippen LogP contribution in [0.4, 0.5) is 83.9 Å². The van der Waals surface area contributed by atoms with Crippen LogP contribution >= 0.6 is 0 Å². The van der Waals surface area contributed by atoms with E-state index in [2.05, 4.69) is 42.5 Å². The van der Waals surface area contributed by atoms with Crippen molar-refractivity contribution < 1.29 is 90.5 Å². The molecular formula is C84H94N8O19. The molecule has 8 aromatic carbocycles. The van der Waals surface area contributed by atoms with Crippen molar-refractivity contribution in [2.24, 2.45) is 0 Å². The zero-order valence-corrected chi connectivity index (χ0v) is 64.8. The van der Waals surface area contributed by atoms with Crippen LogP contribution in [0.1, 0.15) is 89.0 Å². The summed E-state index contributed by atoms with van der Waals surface area (Å²) < 4.78 is 71.2. The zero-order chi connectivity index (χ0) is 80.1. The summed E-state index contributed by atoms with van der Waals surface area (Å²) in [7, 11) is 0. The number of carbonyl (C=O) groups excluding carboxylic acids is 8. The Bertz CT molecular complexity index is 4650. The van der Waals surface area contributed by atoms with E-state index >= 15 is 14.4 Å². The van der Waals surface area contributed by atoms with E-state index in [1.54, 1.807) is 152 Å². The van der Waals surface area contributed by atoms with Crippen molar-refractivity contribution in [1.29, 1.82) is 0 Å². The number of anilines is 8. The molecule has 0 spiro atoms. The van der Waals surface area contributed by atoms with Crippen molar-refractivity contribution >= 4 is 94.2 Å². The first-order valence-corrected chi connectivity index (χ1v) is 36.0. The van der Waals surface area contributed by atoms with Crippen LogP contribution in [0, 0.1) is 111 Å². The third kappa shape index (κ3) is 23.9. The molecule has 0 unspecified atom stereocenters. The summed E-state index contributed by atoms with van der Waals surface area (Å²) in [6.07, 6.45) is -30.4. The maximum atomic E-state index is 15.2. The van der Waals surface area contributed by atoms with Crippen molar-refractivity contribution in [2.45, 2.75) is 172 Å². The largest absolute Gasteiger partial charge is 0.446 e. The molecule has 584 valence electrons. The van der Waals surface area contributed by atoms with Gasteiger partial charge in [-0.05, 0) is 297 Å². The Balaban J connectivity index is 1.17. The van der Waals surface area contributed by atoms with E-state index in [9.17, 15) is 24.0 Å². The molecule has 0 radical (unpaired) electrons. The fourth-order valence-corrected chi connectivity index (χ4v) is 13.8. The molecule has 111 heavy (non-hydrogen) atoms. The molecule has 8 N–H and O–H groups in total. The summed E-state index contributed by atoms with van der Waals surface area (Å²) >= 11 is 0. The van der Waals surface area contributed by atoms with Crippen LogP contribution in [-0.2, 0) is 52.1 Å². The summed E-state index contributed by atoms with van der Waals surface area (Å²) in [5.74, 6) is 0. The van der Waals surface area contributed by atoms with Gasteiger partial charge >= 0.3 is 48.7 Å². The van der Waals surface area contributed by atoms with E-state index in [1.165, 1.54) is 0 Å². The van der Waals surface area contributed by atoms with Gasteiger partial charge in [0.05, 0.1) is 0 Å². The smallest absolute Gasteiger partial charge is 0.414 e. The predicted octanol–water partition coefficient (Wildman–Crippen LogP) is 17.6. The van der Waals surface area contributed by atoms with Gasteiger partial charge in [0, 0.05) is 45.5 Å². The highest BCUT2D eigenvalue weighted by atomic mass is 16.8. The van der Waals surface area contributed by atoms with Gasteiger partial charge in [-0.15, -0.1) is 0 Å². The average Bonchev–Trinajstić information content (AvgIpc) is 0.752. The molecule has 10 atom stereocenters.